The molecule has 2 atom stereocenters. The van der Waals surface area contributed by atoms with Gasteiger partial charge in [-0.2, -0.15) is 0 Å². The molecule has 1 fully saturated rings. The number of halogens is 1. The maximum Gasteiger partial charge on any atom is 0.251 e. The molecule has 1 aromatic heterocycles. The molecule has 2 heterocycles. The first kappa shape index (κ1) is 26.9. The van der Waals surface area contributed by atoms with E-state index in [1.807, 2.05) is 54.9 Å². The van der Waals surface area contributed by atoms with Crippen molar-refractivity contribution >= 4 is 23.5 Å². The van der Waals surface area contributed by atoms with Gasteiger partial charge in [0.25, 0.3) is 5.91 Å². The van der Waals surface area contributed by atoms with Gasteiger partial charge >= 0.3 is 0 Å². The Balaban J connectivity index is 1.44. The summed E-state index contributed by atoms with van der Waals surface area (Å²) in [6, 6.07) is 21.7. The molecule has 3 aromatic carbocycles. The van der Waals surface area contributed by atoms with Crippen LogP contribution in [-0.2, 0) is 12.0 Å². The van der Waals surface area contributed by atoms with E-state index >= 15 is 0 Å². The van der Waals surface area contributed by atoms with Crippen LogP contribution in [0.15, 0.2) is 77.2 Å². The Hall–Kier alpha value is -3.69. The van der Waals surface area contributed by atoms with Gasteiger partial charge in [-0.1, -0.05) is 54.4 Å². The fourth-order valence-corrected chi connectivity index (χ4v) is 5.28. The SMILES string of the molecule is CSN(C)c1cc(C(=O)N[C@H](C)c2ccc(F)cc2)cc(-c2nnc(C3(Cc4ccccc4)CCCN3)o2)c1. The molecule has 1 aliphatic heterocycles. The molecule has 202 valence electrons. The monoisotopic (exact) mass is 545 g/mol. The molecule has 1 saturated heterocycles. The predicted molar refractivity (Wildman–Crippen MR) is 153 cm³/mol. The van der Waals surface area contributed by atoms with Crippen LogP contribution < -0.4 is 14.9 Å². The third-order valence-corrected chi connectivity index (χ3v) is 7.97. The molecule has 0 spiro atoms. The average Bonchev–Trinajstić information content (AvgIpc) is 3.64. The Morgan fingerprint density at radius 2 is 1.92 bits per heavy atom. The van der Waals surface area contributed by atoms with Crippen LogP contribution in [0.25, 0.3) is 11.5 Å². The highest BCUT2D eigenvalue weighted by Gasteiger charge is 2.40. The van der Waals surface area contributed by atoms with Crippen molar-refractivity contribution in [3.05, 3.63) is 101 Å². The van der Waals surface area contributed by atoms with Crippen molar-refractivity contribution in [2.75, 3.05) is 24.2 Å². The van der Waals surface area contributed by atoms with Crippen molar-refractivity contribution in [1.29, 1.82) is 0 Å². The third-order valence-electron chi connectivity index (χ3n) is 7.21. The number of anilines is 1. The van der Waals surface area contributed by atoms with Crippen molar-refractivity contribution in [2.45, 2.75) is 37.8 Å². The van der Waals surface area contributed by atoms with E-state index in [1.165, 1.54) is 29.6 Å². The van der Waals surface area contributed by atoms with Crippen LogP contribution in [0.4, 0.5) is 10.1 Å². The first-order valence-electron chi connectivity index (χ1n) is 13.0. The highest BCUT2D eigenvalue weighted by atomic mass is 32.2. The van der Waals surface area contributed by atoms with Gasteiger partial charge in [-0.05, 0) is 74.2 Å². The van der Waals surface area contributed by atoms with Crippen molar-refractivity contribution in [1.82, 2.24) is 20.8 Å². The maximum atomic E-state index is 13.4. The van der Waals surface area contributed by atoms with Crippen LogP contribution in [0, 0.1) is 5.82 Å². The molecule has 0 radical (unpaired) electrons. The van der Waals surface area contributed by atoms with Crippen molar-refractivity contribution in [2.24, 2.45) is 0 Å². The Labute approximate surface area is 232 Å². The predicted octanol–water partition coefficient (Wildman–Crippen LogP) is 5.90. The van der Waals surface area contributed by atoms with Gasteiger partial charge in [0.05, 0.1) is 6.04 Å². The number of hydrogen-bond donors (Lipinski definition) is 2. The number of benzene rings is 3. The summed E-state index contributed by atoms with van der Waals surface area (Å²) >= 11 is 1.53. The number of amides is 1. The van der Waals surface area contributed by atoms with E-state index < -0.39 is 5.54 Å². The van der Waals surface area contributed by atoms with E-state index in [-0.39, 0.29) is 17.8 Å². The fraction of sp³-hybridized carbons (Fsp3) is 0.300. The highest BCUT2D eigenvalue weighted by Crippen LogP contribution is 2.36. The van der Waals surface area contributed by atoms with Gasteiger partial charge in [0.2, 0.25) is 11.8 Å². The lowest BCUT2D eigenvalue weighted by molar-refractivity contribution is 0.0940. The standard InChI is InChI=1S/C30H32FN5O2S/c1-20(22-10-12-25(31)13-11-22)33-27(37)23-16-24(18-26(17-23)36(2)39-3)28-34-35-29(38-28)30(14-7-15-32-30)19-21-8-5-4-6-9-21/h4-6,8-13,16-18,20,32H,7,14-15,19H2,1-3H3,(H,33,37)/t20-,30?/m1/s1. The second kappa shape index (κ2) is 11.6. The van der Waals surface area contributed by atoms with Crippen LogP contribution in [0.1, 0.15) is 53.2 Å². The molecule has 39 heavy (non-hydrogen) atoms. The second-order valence-electron chi connectivity index (χ2n) is 9.88. The van der Waals surface area contributed by atoms with Crippen LogP contribution in [-0.4, -0.2) is 36.0 Å². The van der Waals surface area contributed by atoms with E-state index in [0.717, 1.165) is 37.1 Å². The fourth-order valence-electron chi connectivity index (χ4n) is 4.96. The molecular formula is C30H32FN5O2S. The minimum absolute atomic E-state index is 0.248. The summed E-state index contributed by atoms with van der Waals surface area (Å²) in [5.41, 5.74) is 3.55. The molecule has 0 saturated carbocycles. The molecule has 1 amide bonds. The Morgan fingerprint density at radius 1 is 1.15 bits per heavy atom. The van der Waals surface area contributed by atoms with Gasteiger partial charge in [0.15, 0.2) is 0 Å². The summed E-state index contributed by atoms with van der Waals surface area (Å²) in [7, 11) is 1.93. The summed E-state index contributed by atoms with van der Waals surface area (Å²) < 4.78 is 21.6. The molecule has 5 rings (SSSR count). The molecule has 4 aromatic rings. The third kappa shape index (κ3) is 5.99. The number of hydrogen-bond acceptors (Lipinski definition) is 7. The average molecular weight is 546 g/mol. The summed E-state index contributed by atoms with van der Waals surface area (Å²) in [5.74, 6) is 0.357. The van der Waals surface area contributed by atoms with E-state index in [9.17, 15) is 9.18 Å². The summed E-state index contributed by atoms with van der Waals surface area (Å²) in [6.45, 7) is 2.75. The summed E-state index contributed by atoms with van der Waals surface area (Å²) in [4.78, 5) is 13.3. The van der Waals surface area contributed by atoms with E-state index in [4.69, 9.17) is 4.42 Å². The van der Waals surface area contributed by atoms with Crippen LogP contribution >= 0.6 is 11.9 Å². The first-order valence-corrected chi connectivity index (χ1v) is 14.2. The minimum Gasteiger partial charge on any atom is -0.419 e. The molecule has 1 aliphatic rings. The smallest absolute Gasteiger partial charge is 0.251 e. The van der Waals surface area contributed by atoms with E-state index in [1.54, 1.807) is 18.2 Å². The number of nitrogens with zero attached hydrogens (tertiary/aromatic N) is 3. The number of rotatable bonds is 9. The lowest BCUT2D eigenvalue weighted by Crippen LogP contribution is -2.39. The molecule has 0 aliphatic carbocycles. The number of nitrogens with one attached hydrogen (secondary N) is 2. The summed E-state index contributed by atoms with van der Waals surface area (Å²) in [6.07, 6.45) is 4.63. The van der Waals surface area contributed by atoms with Crippen LogP contribution in [0.5, 0.6) is 0 Å². The Bertz CT molecular complexity index is 1420. The normalized spacial score (nSPS) is 17.6. The number of aromatic nitrogens is 2. The van der Waals surface area contributed by atoms with E-state index in [0.29, 0.717) is 22.9 Å². The number of carbonyl (C=O) groups is 1. The van der Waals surface area contributed by atoms with Gasteiger partial charge in [-0.3, -0.25) is 4.79 Å². The molecule has 7 nitrogen and oxygen atoms in total. The van der Waals surface area contributed by atoms with Gasteiger partial charge in [0.1, 0.15) is 11.4 Å². The lowest BCUT2D eigenvalue weighted by Gasteiger charge is -2.25. The Morgan fingerprint density at radius 3 is 2.62 bits per heavy atom. The lowest BCUT2D eigenvalue weighted by atomic mass is 9.89. The van der Waals surface area contributed by atoms with Crippen LogP contribution in [0.2, 0.25) is 0 Å². The first-order chi connectivity index (χ1) is 18.9. The number of carbonyl (C=O) groups excluding carboxylic acids is 1. The molecular weight excluding hydrogens is 513 g/mol. The zero-order valence-corrected chi connectivity index (χ0v) is 23.1. The second-order valence-corrected chi connectivity index (χ2v) is 10.8. The van der Waals surface area contributed by atoms with Gasteiger partial charge in [-0.25, -0.2) is 4.39 Å². The largest absolute Gasteiger partial charge is 0.419 e. The van der Waals surface area contributed by atoms with Crippen molar-refractivity contribution < 1.29 is 13.6 Å². The van der Waals surface area contributed by atoms with Gasteiger partial charge in [-0.15, -0.1) is 10.2 Å². The zero-order valence-electron chi connectivity index (χ0n) is 22.3. The van der Waals surface area contributed by atoms with Gasteiger partial charge < -0.3 is 19.4 Å². The topological polar surface area (TPSA) is 83.3 Å². The summed E-state index contributed by atoms with van der Waals surface area (Å²) in [5, 5.41) is 15.5. The minimum atomic E-state index is -0.426. The van der Waals surface area contributed by atoms with Crippen molar-refractivity contribution in [3.8, 4) is 11.5 Å². The molecule has 0 bridgehead atoms. The molecule has 1 unspecified atom stereocenters. The molecule has 9 heteroatoms. The van der Waals surface area contributed by atoms with Gasteiger partial charge in [0, 0.05) is 30.1 Å². The van der Waals surface area contributed by atoms with E-state index in [2.05, 4.69) is 33.0 Å². The highest BCUT2D eigenvalue weighted by molar-refractivity contribution is 7.99. The van der Waals surface area contributed by atoms with Crippen molar-refractivity contribution in [3.63, 3.8) is 0 Å². The van der Waals surface area contributed by atoms with Crippen LogP contribution in [0.3, 0.4) is 0 Å². The maximum absolute atomic E-state index is 13.4. The quantitative estimate of drug-likeness (QED) is 0.253. The Kier molecular flexibility index (Phi) is 7.99. The molecule has 2 N–H and O–H groups in total. The zero-order chi connectivity index (χ0) is 27.4.